The molecule has 2 N–H and O–H groups in total. The molecule has 0 aromatic heterocycles. The van der Waals surface area contributed by atoms with Gasteiger partial charge in [-0.1, -0.05) is 0 Å². The van der Waals surface area contributed by atoms with Gasteiger partial charge in [0.1, 0.15) is 0 Å². The number of hydrogen-bond donors (Lipinski definition) is 2. The number of piperazine rings is 1. The molecule has 1 fully saturated rings. The van der Waals surface area contributed by atoms with Crippen molar-refractivity contribution >= 4 is 48.0 Å². The zero-order valence-corrected chi connectivity index (χ0v) is 18.1. The molecule has 0 amide bonds. The average Bonchev–Trinajstić information content (AvgIpc) is 2.67. The smallest absolute Gasteiger partial charge is 0.0944 e. The Morgan fingerprint density at radius 2 is 1.30 bits per heavy atom. The second-order valence-electron chi connectivity index (χ2n) is 5.85. The van der Waals surface area contributed by atoms with Crippen LogP contribution in [0.25, 0.3) is 0 Å². The first-order valence-corrected chi connectivity index (χ1v) is 9.07. The molecule has 1 radical (unpaired) electrons. The Labute approximate surface area is 184 Å². The molecule has 7 nitrogen and oxygen atoms in total. The van der Waals surface area contributed by atoms with Crippen LogP contribution in [0.15, 0.2) is 58.8 Å². The van der Waals surface area contributed by atoms with Crippen LogP contribution in [0.2, 0.25) is 0 Å². The van der Waals surface area contributed by atoms with Crippen LogP contribution in [0, 0.1) is 0 Å². The number of azo groups is 1. The third-order valence-corrected chi connectivity index (χ3v) is 4.79. The summed E-state index contributed by atoms with van der Waals surface area (Å²) in [5.41, 5.74) is 2.77. The molecule has 1 heterocycles. The Morgan fingerprint density at radius 1 is 0.815 bits per heavy atom. The number of anilines is 2. The van der Waals surface area contributed by atoms with Gasteiger partial charge >= 0.3 is 0 Å². The fraction of sp³-hybridized carbons (Fsp3) is 0.294. The maximum atomic E-state index is 8.92. The van der Waals surface area contributed by atoms with Crippen molar-refractivity contribution in [2.45, 2.75) is 4.71 Å². The van der Waals surface area contributed by atoms with Crippen molar-refractivity contribution in [3.05, 3.63) is 48.5 Å². The Kier molecular flexibility index (Phi) is 8.64. The Morgan fingerprint density at radius 3 is 1.74 bits per heavy atom. The molecule has 1 saturated heterocycles. The minimum atomic E-state index is -0.230. The second kappa shape index (κ2) is 10.5. The second-order valence-corrected chi connectivity index (χ2v) is 7.04. The molecule has 0 bridgehead atoms. The third-order valence-electron chi connectivity index (χ3n) is 4.19. The molecule has 0 unspecified atom stereocenters. The van der Waals surface area contributed by atoms with E-state index in [4.69, 9.17) is 35.7 Å². The average molecular weight is 586 g/mol. The predicted molar refractivity (Wildman–Crippen MR) is 105 cm³/mol. The largest absolute Gasteiger partial charge is 0.800 e. The monoisotopic (exact) mass is 586 g/mol. The van der Waals surface area contributed by atoms with Gasteiger partial charge in [-0.05, 0) is 48.5 Å². The molecule has 149 valence electrons. The van der Waals surface area contributed by atoms with Crippen LogP contribution in [0.3, 0.4) is 0 Å². The molecule has 0 aliphatic carbocycles. The van der Waals surface area contributed by atoms with E-state index in [2.05, 4.69) is 20.0 Å². The van der Waals surface area contributed by atoms with E-state index >= 15 is 0 Å². The van der Waals surface area contributed by atoms with Gasteiger partial charge in [0.2, 0.25) is 0 Å². The number of hydrogen-bond acceptors (Lipinski definition) is 9. The van der Waals surface area contributed by atoms with Gasteiger partial charge in [-0.3, -0.25) is 10.4 Å². The molecule has 10 heteroatoms. The van der Waals surface area contributed by atoms with Gasteiger partial charge in [0.25, 0.3) is 0 Å². The first-order valence-electron chi connectivity index (χ1n) is 8.13. The molecule has 0 atom stereocenters. The minimum Gasteiger partial charge on any atom is -0.800 e. The minimum absolute atomic E-state index is 0. The maximum Gasteiger partial charge on any atom is 0.0944 e. The van der Waals surface area contributed by atoms with Crippen molar-refractivity contribution in [1.82, 2.24) is 4.90 Å². The molecule has 1 aliphatic heterocycles. The molecule has 3 rings (SSSR count). The van der Waals surface area contributed by atoms with E-state index in [1.165, 1.54) is 12.1 Å². The normalized spacial score (nSPS) is 15.2. The van der Waals surface area contributed by atoms with Crippen LogP contribution in [0.5, 0.6) is 0 Å². The summed E-state index contributed by atoms with van der Waals surface area (Å²) in [5.74, 6) is 0. The van der Waals surface area contributed by atoms with Gasteiger partial charge in [-0.2, -0.15) is 10.2 Å². The van der Waals surface area contributed by atoms with E-state index < -0.39 is 0 Å². The Balaban J connectivity index is 0.00000261. The zero-order chi connectivity index (χ0) is 18.5. The van der Waals surface area contributed by atoms with Crippen LogP contribution in [-0.4, -0.2) is 46.2 Å². The summed E-state index contributed by atoms with van der Waals surface area (Å²) >= 11 is 10.3. The van der Waals surface area contributed by atoms with Crippen molar-refractivity contribution in [3.63, 3.8) is 0 Å². The molecular formula is C17H19AuN5O2S2-2. The third kappa shape index (κ3) is 6.23. The van der Waals surface area contributed by atoms with Crippen LogP contribution < -0.4 is 10.1 Å². The van der Waals surface area contributed by atoms with Gasteiger partial charge in [-0.25, -0.2) is 4.71 Å². The van der Waals surface area contributed by atoms with Crippen molar-refractivity contribution in [1.29, 1.82) is 0 Å². The van der Waals surface area contributed by atoms with Crippen LogP contribution in [0.4, 0.5) is 22.7 Å². The van der Waals surface area contributed by atoms with Gasteiger partial charge in [0, 0.05) is 54.2 Å². The quantitative estimate of drug-likeness (QED) is 0.242. The van der Waals surface area contributed by atoms with E-state index in [0.717, 1.165) is 37.6 Å². The molecule has 0 saturated carbocycles. The van der Waals surface area contributed by atoms with Gasteiger partial charge in [0.05, 0.1) is 17.1 Å². The van der Waals surface area contributed by atoms with Crippen LogP contribution in [-0.2, 0) is 47.6 Å². The fourth-order valence-corrected chi connectivity index (χ4v) is 3.11. The summed E-state index contributed by atoms with van der Waals surface area (Å²) in [6.07, 6.45) is 0. The van der Waals surface area contributed by atoms with Crippen molar-refractivity contribution in [3.8, 4) is 0 Å². The van der Waals surface area contributed by atoms with Crippen molar-refractivity contribution in [2.24, 2.45) is 10.2 Å². The zero-order valence-electron chi connectivity index (χ0n) is 14.3. The molecule has 27 heavy (non-hydrogen) atoms. The van der Waals surface area contributed by atoms with E-state index in [0.29, 0.717) is 5.69 Å². The van der Waals surface area contributed by atoms with E-state index in [9.17, 15) is 0 Å². The van der Waals surface area contributed by atoms with Gasteiger partial charge < -0.3 is 35.1 Å². The van der Waals surface area contributed by atoms with Crippen LogP contribution in [0.1, 0.15) is 0 Å². The van der Waals surface area contributed by atoms with Crippen LogP contribution >= 0.6 is 0 Å². The summed E-state index contributed by atoms with van der Waals surface area (Å²) in [4.78, 5) is 4.43. The summed E-state index contributed by atoms with van der Waals surface area (Å²) in [7, 11) is 0. The number of rotatable bonds is 5. The van der Waals surface area contributed by atoms with Crippen molar-refractivity contribution in [2.75, 3.05) is 36.3 Å². The summed E-state index contributed by atoms with van der Waals surface area (Å²) < 4.78 is -0.230. The molecule has 1 aliphatic rings. The SMILES string of the molecule is ON(O)c1ccc(N=Nc2ccc(N3CCN(C([S-])[S-])CC3)cc2)cc1.[Au]. The standard InChI is InChI=1S/C17H21N5O2S2.Au/c23-22(24)16-7-3-14(4-8-16)19-18-13-1-5-15(6-2-13)20-9-11-21(12-10-20)17(25)26;/h1-8,17,23-26H,9-12H2;/p-2. The number of nitrogens with zero attached hydrogens (tertiary/aromatic N) is 5. The first kappa shape index (κ1) is 22.3. The van der Waals surface area contributed by atoms with E-state index in [1.807, 2.05) is 24.3 Å². The number of benzene rings is 2. The van der Waals surface area contributed by atoms with Gasteiger partial charge in [-0.15, -0.1) is 5.23 Å². The summed E-state index contributed by atoms with van der Waals surface area (Å²) in [6, 6.07) is 14.3. The Bertz CT molecular complexity index is 736. The van der Waals surface area contributed by atoms with E-state index in [-0.39, 0.29) is 38.0 Å². The predicted octanol–water partition coefficient (Wildman–Crippen LogP) is 3.18. The summed E-state index contributed by atoms with van der Waals surface area (Å²) in [5, 5.41) is 26.2. The molecule has 2 aromatic carbocycles. The molecule has 2 aromatic rings. The fourth-order valence-electron chi connectivity index (χ4n) is 2.69. The van der Waals surface area contributed by atoms with Gasteiger partial charge in [0.15, 0.2) is 0 Å². The van der Waals surface area contributed by atoms with E-state index in [1.54, 1.807) is 12.1 Å². The maximum absolute atomic E-state index is 8.92. The topological polar surface area (TPSA) is 74.9 Å². The molecular weight excluding hydrogens is 567 g/mol. The summed E-state index contributed by atoms with van der Waals surface area (Å²) in [6.45, 7) is 3.58. The van der Waals surface area contributed by atoms with Crippen molar-refractivity contribution < 1.29 is 32.8 Å². The molecule has 0 spiro atoms. The first-order chi connectivity index (χ1) is 12.5. The Hall–Kier alpha value is -1.04.